The number of nitrogens with two attached hydrogens (primary N) is 1. The number of rotatable bonds is 3. The molecule has 0 amide bonds. The molecule has 0 aliphatic carbocycles. The largest absolute Gasteiger partial charge is 0.369 e. The number of hydrogen-bond acceptors (Lipinski definition) is 4. The summed E-state index contributed by atoms with van der Waals surface area (Å²) < 4.78 is 0. The van der Waals surface area contributed by atoms with Crippen LogP contribution in [0.4, 0.5) is 5.82 Å². The van der Waals surface area contributed by atoms with Crippen molar-refractivity contribution in [1.29, 1.82) is 0 Å². The second kappa shape index (κ2) is 4.11. The van der Waals surface area contributed by atoms with Crippen LogP contribution in [0.3, 0.4) is 0 Å². The summed E-state index contributed by atoms with van der Waals surface area (Å²) in [6, 6.07) is 0. The third-order valence-electron chi connectivity index (χ3n) is 1.33. The van der Waals surface area contributed by atoms with Crippen LogP contribution in [-0.4, -0.2) is 23.1 Å². The number of aromatic nitrogens is 2. The molecule has 0 aromatic carbocycles. The normalized spacial score (nSPS) is 10.0. The zero-order chi connectivity index (χ0) is 9.84. The number of anilines is 1. The lowest BCUT2D eigenvalue weighted by Gasteiger charge is -2.04. The van der Waals surface area contributed by atoms with Gasteiger partial charge in [-0.15, -0.1) is 0 Å². The van der Waals surface area contributed by atoms with Gasteiger partial charge >= 0.3 is 5.69 Å². The highest BCUT2D eigenvalue weighted by Crippen LogP contribution is 2.09. The predicted octanol–water partition coefficient (Wildman–Crippen LogP) is -0.913. The summed E-state index contributed by atoms with van der Waals surface area (Å²) >= 11 is 5.58. The highest BCUT2D eigenvalue weighted by atomic mass is 35.5. The van der Waals surface area contributed by atoms with E-state index in [0.717, 1.165) is 0 Å². The third-order valence-corrected chi connectivity index (χ3v) is 1.69. The van der Waals surface area contributed by atoms with E-state index in [1.807, 2.05) is 4.98 Å². The summed E-state index contributed by atoms with van der Waals surface area (Å²) in [5.74, 6) is 0.195. The van der Waals surface area contributed by atoms with E-state index in [9.17, 15) is 9.59 Å². The van der Waals surface area contributed by atoms with Crippen LogP contribution < -0.4 is 22.3 Å². The molecule has 13 heavy (non-hydrogen) atoms. The van der Waals surface area contributed by atoms with Gasteiger partial charge in [-0.3, -0.25) is 14.8 Å². The zero-order valence-electron chi connectivity index (χ0n) is 6.69. The molecule has 6 nitrogen and oxygen atoms in total. The molecule has 72 valence electrons. The zero-order valence-corrected chi connectivity index (χ0v) is 7.44. The molecule has 0 atom stereocenters. The molecule has 1 rings (SSSR count). The monoisotopic (exact) mass is 204 g/mol. The summed E-state index contributed by atoms with van der Waals surface area (Å²) in [6.45, 7) is 0.810. The van der Waals surface area contributed by atoms with E-state index in [0.29, 0.717) is 13.1 Å². The lowest BCUT2D eigenvalue weighted by Crippen LogP contribution is -2.25. The van der Waals surface area contributed by atoms with E-state index in [2.05, 4.69) is 10.3 Å². The minimum atomic E-state index is -0.620. The van der Waals surface area contributed by atoms with Crippen molar-refractivity contribution in [2.45, 2.75) is 0 Å². The molecular weight excluding hydrogens is 196 g/mol. The van der Waals surface area contributed by atoms with Crippen molar-refractivity contribution in [1.82, 2.24) is 9.97 Å². The van der Waals surface area contributed by atoms with Crippen LogP contribution >= 0.6 is 11.6 Å². The molecule has 1 aromatic rings. The summed E-state index contributed by atoms with van der Waals surface area (Å²) in [5, 5.41) is 2.64. The van der Waals surface area contributed by atoms with Crippen molar-refractivity contribution < 1.29 is 0 Å². The fraction of sp³-hybridized carbons (Fsp3) is 0.333. The SMILES string of the molecule is NCCNc1[nH]c(=O)[nH]c(=O)c1Cl. The van der Waals surface area contributed by atoms with Crippen molar-refractivity contribution in [2.75, 3.05) is 18.4 Å². The van der Waals surface area contributed by atoms with E-state index < -0.39 is 11.2 Å². The number of aromatic amines is 2. The Hall–Kier alpha value is -1.27. The van der Waals surface area contributed by atoms with Crippen LogP contribution in [0.15, 0.2) is 9.59 Å². The second-order valence-electron chi connectivity index (χ2n) is 2.31. The van der Waals surface area contributed by atoms with Crippen LogP contribution in [0.5, 0.6) is 0 Å². The van der Waals surface area contributed by atoms with Gasteiger partial charge < -0.3 is 11.1 Å². The second-order valence-corrected chi connectivity index (χ2v) is 2.69. The number of hydrogen-bond donors (Lipinski definition) is 4. The topological polar surface area (TPSA) is 104 Å². The molecule has 0 unspecified atom stereocenters. The summed E-state index contributed by atoms with van der Waals surface area (Å²) in [5.41, 5.74) is 4.00. The van der Waals surface area contributed by atoms with Crippen LogP contribution in [0, 0.1) is 0 Å². The Kier molecular flexibility index (Phi) is 3.10. The first-order valence-corrected chi connectivity index (χ1v) is 3.99. The third kappa shape index (κ3) is 2.33. The Balaban J connectivity index is 3.06. The van der Waals surface area contributed by atoms with E-state index in [-0.39, 0.29) is 10.8 Å². The van der Waals surface area contributed by atoms with Crippen molar-refractivity contribution in [3.63, 3.8) is 0 Å². The lowest BCUT2D eigenvalue weighted by atomic mass is 10.5. The average Bonchev–Trinajstić information content (AvgIpc) is 2.09. The van der Waals surface area contributed by atoms with Gasteiger partial charge in [0.2, 0.25) is 0 Å². The van der Waals surface area contributed by atoms with Crippen molar-refractivity contribution in [3.05, 3.63) is 25.9 Å². The van der Waals surface area contributed by atoms with Gasteiger partial charge in [0.1, 0.15) is 10.8 Å². The van der Waals surface area contributed by atoms with Gasteiger partial charge in [-0.25, -0.2) is 4.79 Å². The average molecular weight is 205 g/mol. The Morgan fingerprint density at radius 3 is 2.69 bits per heavy atom. The molecule has 0 spiro atoms. The van der Waals surface area contributed by atoms with E-state index in [1.165, 1.54) is 0 Å². The Morgan fingerprint density at radius 1 is 1.38 bits per heavy atom. The van der Waals surface area contributed by atoms with E-state index in [4.69, 9.17) is 17.3 Å². The van der Waals surface area contributed by atoms with Gasteiger partial charge in [0, 0.05) is 13.1 Å². The van der Waals surface area contributed by atoms with Crippen LogP contribution in [0.2, 0.25) is 5.02 Å². The number of H-pyrrole nitrogens is 2. The maximum absolute atomic E-state index is 10.9. The highest BCUT2D eigenvalue weighted by molar-refractivity contribution is 6.32. The van der Waals surface area contributed by atoms with Crippen molar-refractivity contribution in [2.24, 2.45) is 5.73 Å². The molecule has 1 aromatic heterocycles. The van der Waals surface area contributed by atoms with Crippen LogP contribution in [0.1, 0.15) is 0 Å². The summed E-state index contributed by atoms with van der Waals surface area (Å²) in [4.78, 5) is 26.1. The Labute approximate surface area is 78.1 Å². The summed E-state index contributed by atoms with van der Waals surface area (Å²) in [7, 11) is 0. The van der Waals surface area contributed by atoms with Gasteiger partial charge in [0.15, 0.2) is 0 Å². The first-order valence-electron chi connectivity index (χ1n) is 3.61. The number of halogens is 1. The Bertz CT molecular complexity index is 396. The fourth-order valence-electron chi connectivity index (χ4n) is 0.790. The van der Waals surface area contributed by atoms with Crippen molar-refractivity contribution >= 4 is 17.4 Å². The van der Waals surface area contributed by atoms with Crippen LogP contribution in [-0.2, 0) is 0 Å². The standard InChI is InChI=1S/C6H9ClN4O2/c7-3-4(9-2-1-8)10-6(13)11-5(3)12/h1-2,8H2,(H3,9,10,11,12,13). The van der Waals surface area contributed by atoms with Gasteiger partial charge in [0.05, 0.1) is 0 Å². The van der Waals surface area contributed by atoms with E-state index >= 15 is 0 Å². The molecule has 0 fully saturated rings. The molecule has 0 aliphatic heterocycles. The molecule has 7 heteroatoms. The fourth-order valence-corrected chi connectivity index (χ4v) is 0.951. The minimum Gasteiger partial charge on any atom is -0.369 e. The molecule has 0 saturated heterocycles. The highest BCUT2D eigenvalue weighted by Gasteiger charge is 2.04. The van der Waals surface area contributed by atoms with Gasteiger partial charge in [0.25, 0.3) is 5.56 Å². The first kappa shape index (κ1) is 9.82. The summed E-state index contributed by atoms with van der Waals surface area (Å²) in [6.07, 6.45) is 0. The maximum Gasteiger partial charge on any atom is 0.327 e. The quantitative estimate of drug-likeness (QED) is 0.512. The number of nitrogens with one attached hydrogen (secondary N) is 3. The van der Waals surface area contributed by atoms with Crippen LogP contribution in [0.25, 0.3) is 0 Å². The molecule has 1 heterocycles. The molecule has 0 bridgehead atoms. The van der Waals surface area contributed by atoms with Crippen molar-refractivity contribution in [3.8, 4) is 0 Å². The van der Waals surface area contributed by atoms with Gasteiger partial charge in [-0.05, 0) is 0 Å². The Morgan fingerprint density at radius 2 is 2.08 bits per heavy atom. The van der Waals surface area contributed by atoms with E-state index in [1.54, 1.807) is 0 Å². The lowest BCUT2D eigenvalue weighted by molar-refractivity contribution is 0.978. The van der Waals surface area contributed by atoms with Gasteiger partial charge in [-0.1, -0.05) is 11.6 Å². The molecule has 0 saturated carbocycles. The molecular formula is C6H9ClN4O2. The first-order chi connectivity index (χ1) is 6.15. The minimum absolute atomic E-state index is 0.0759. The molecule has 0 aliphatic rings. The maximum atomic E-state index is 10.9. The predicted molar refractivity (Wildman–Crippen MR) is 50.2 cm³/mol. The van der Waals surface area contributed by atoms with Gasteiger partial charge in [-0.2, -0.15) is 0 Å². The molecule has 0 radical (unpaired) electrons. The molecule has 5 N–H and O–H groups in total. The smallest absolute Gasteiger partial charge is 0.327 e.